The average molecular weight is 896 g/mol. The van der Waals surface area contributed by atoms with Gasteiger partial charge in [0.2, 0.25) is 0 Å². The fourth-order valence-corrected chi connectivity index (χ4v) is 10.3. The van der Waals surface area contributed by atoms with Gasteiger partial charge in [-0.05, 0) is 110 Å². The molecule has 4 aliphatic heterocycles. The number of likely N-dealkylation sites (N-methyl/N-ethyl adjacent to an activating group) is 2. The van der Waals surface area contributed by atoms with Crippen molar-refractivity contribution in [2.45, 2.75) is 62.4 Å². The molecule has 2 saturated heterocycles. The Morgan fingerprint density at radius 2 is 1.07 bits per heavy atom. The molecule has 0 saturated carbocycles. The Labute approximate surface area is 369 Å². The minimum atomic E-state index is -1.09. The molecule has 4 amide bonds. The van der Waals surface area contributed by atoms with E-state index < -0.39 is 11.1 Å². The van der Waals surface area contributed by atoms with Gasteiger partial charge in [0.05, 0.1) is 31.6 Å². The van der Waals surface area contributed by atoms with Crippen molar-refractivity contribution >= 4 is 80.9 Å². The Morgan fingerprint density at radius 3 is 1.42 bits per heavy atom. The summed E-state index contributed by atoms with van der Waals surface area (Å²) in [5, 5.41) is 11.8. The van der Waals surface area contributed by atoms with Crippen LogP contribution in [0, 0.1) is 0 Å². The number of ether oxygens (including phenoxy) is 2. The summed E-state index contributed by atoms with van der Waals surface area (Å²) < 4.78 is 12.0. The van der Waals surface area contributed by atoms with Crippen molar-refractivity contribution in [3.8, 4) is 0 Å². The number of thiophene rings is 2. The number of rotatable bonds is 8. The van der Waals surface area contributed by atoms with Gasteiger partial charge in [-0.25, -0.2) is 0 Å². The number of nitrogens with zero attached hydrogens (tertiary/aromatic N) is 2. The van der Waals surface area contributed by atoms with Gasteiger partial charge in [-0.15, -0.1) is 22.7 Å². The lowest BCUT2D eigenvalue weighted by molar-refractivity contribution is -0.122. The van der Waals surface area contributed by atoms with Crippen LogP contribution in [0.25, 0.3) is 0 Å². The van der Waals surface area contributed by atoms with Crippen LogP contribution in [0.15, 0.2) is 60.7 Å². The molecule has 12 nitrogen and oxygen atoms in total. The summed E-state index contributed by atoms with van der Waals surface area (Å²) in [6.07, 6.45) is 2.75. The third-order valence-corrected chi connectivity index (χ3v) is 14.2. The van der Waals surface area contributed by atoms with E-state index in [4.69, 9.17) is 32.7 Å². The molecule has 0 aliphatic carbocycles. The zero-order valence-corrected chi connectivity index (χ0v) is 37.5. The predicted octanol–water partition coefficient (Wildman–Crippen LogP) is 7.04. The molecule has 4 aliphatic rings. The Kier molecular flexibility index (Phi) is 14.0. The van der Waals surface area contributed by atoms with E-state index in [9.17, 15) is 19.2 Å². The molecule has 16 heteroatoms. The maximum atomic E-state index is 13.2. The minimum absolute atomic E-state index is 0.149. The van der Waals surface area contributed by atoms with E-state index in [0.717, 1.165) is 50.4 Å². The summed E-state index contributed by atoms with van der Waals surface area (Å²) in [7, 11) is 4.27. The van der Waals surface area contributed by atoms with E-state index in [-0.39, 0.29) is 36.8 Å². The molecule has 2 aromatic carbocycles. The van der Waals surface area contributed by atoms with Gasteiger partial charge in [0.15, 0.2) is 0 Å². The van der Waals surface area contributed by atoms with Crippen LogP contribution < -0.4 is 21.3 Å². The topological polar surface area (TPSA) is 141 Å². The highest BCUT2D eigenvalue weighted by atomic mass is 35.5. The van der Waals surface area contributed by atoms with Crippen molar-refractivity contribution in [2.75, 3.05) is 77.3 Å². The maximum absolute atomic E-state index is 13.2. The summed E-state index contributed by atoms with van der Waals surface area (Å²) in [5.41, 5.74) is 4.50. The van der Waals surface area contributed by atoms with Crippen LogP contribution in [0.2, 0.25) is 8.67 Å². The van der Waals surface area contributed by atoms with Gasteiger partial charge in [-0.2, -0.15) is 0 Å². The lowest BCUT2D eigenvalue weighted by Gasteiger charge is -2.27. The lowest BCUT2D eigenvalue weighted by Crippen LogP contribution is -2.57. The van der Waals surface area contributed by atoms with Crippen molar-refractivity contribution < 1.29 is 28.7 Å². The molecule has 2 aromatic heterocycles. The normalized spacial score (nSPS) is 24.2. The third-order valence-electron chi connectivity index (χ3n) is 11.8. The Hall–Kier alpha value is -3.86. The SMILES string of the molecule is C[C@@H]1CN(C)CCc2cc(NC(=O)[C@]3(NC(=O)c4ccc(Cl)s4)CCOC3)ccc21.C[C@H]1CN(C)CCc2cc(NC(=O)[C@]3(NC(=O)c4ccc(Cl)s4)CCOC3)ccc21. The number of benzene rings is 2. The van der Waals surface area contributed by atoms with Crippen LogP contribution >= 0.6 is 45.9 Å². The number of hydrogen-bond donors (Lipinski definition) is 4. The van der Waals surface area contributed by atoms with Gasteiger partial charge < -0.3 is 40.5 Å². The Morgan fingerprint density at radius 1 is 0.650 bits per heavy atom. The molecule has 60 heavy (non-hydrogen) atoms. The number of carbonyl (C=O) groups excluding carboxylic acids is 4. The summed E-state index contributed by atoms with van der Waals surface area (Å²) in [6.45, 7) is 9.65. The van der Waals surface area contributed by atoms with Crippen molar-refractivity contribution in [3.05, 3.63) is 101 Å². The zero-order valence-electron chi connectivity index (χ0n) is 34.3. The zero-order chi connectivity index (χ0) is 42.6. The molecular formula is C44H52Cl2N6O6S2. The fourth-order valence-electron chi connectivity index (χ4n) is 8.43. The van der Waals surface area contributed by atoms with Crippen LogP contribution in [0.4, 0.5) is 11.4 Å². The molecule has 2 fully saturated rings. The van der Waals surface area contributed by atoms with Crippen LogP contribution in [-0.4, -0.2) is 111 Å². The fraction of sp³-hybridized carbons (Fsp3) is 0.455. The van der Waals surface area contributed by atoms with E-state index in [1.165, 1.54) is 44.9 Å². The second-order valence-electron chi connectivity index (χ2n) is 16.4. The van der Waals surface area contributed by atoms with Crippen LogP contribution in [0.5, 0.6) is 0 Å². The van der Waals surface area contributed by atoms with E-state index >= 15 is 0 Å². The molecule has 4 aromatic rings. The number of nitrogens with one attached hydrogen (secondary N) is 4. The maximum Gasteiger partial charge on any atom is 0.262 e. The number of amides is 4. The summed E-state index contributed by atoms with van der Waals surface area (Å²) in [6, 6.07) is 18.9. The Balaban J connectivity index is 0.000000181. The molecule has 4 N–H and O–H groups in total. The molecule has 0 bridgehead atoms. The van der Waals surface area contributed by atoms with Crippen LogP contribution in [0.1, 0.15) is 80.1 Å². The number of carbonyl (C=O) groups is 4. The molecule has 0 unspecified atom stereocenters. The molecule has 4 atom stereocenters. The second-order valence-corrected chi connectivity index (χ2v) is 19.9. The van der Waals surface area contributed by atoms with Crippen molar-refractivity contribution in [2.24, 2.45) is 0 Å². The van der Waals surface area contributed by atoms with Gasteiger partial charge in [-0.1, -0.05) is 49.2 Å². The standard InChI is InChI=1S/2C22H26ClN3O3S/c2*1-14-12-26(2)9-7-15-11-16(3-4-17(14)15)24-21(28)22(8-10-29-13-22)25-20(27)18-5-6-19(23)30-18/h2*3-6,11,14H,7-10,12-13H2,1-2H3,(H,24,28)(H,25,27)/t14-,22+;14-,22-/m10/s1. The first-order chi connectivity index (χ1) is 28.7. The minimum Gasteiger partial charge on any atom is -0.378 e. The van der Waals surface area contributed by atoms with E-state index in [2.05, 4.69) is 83.3 Å². The monoisotopic (exact) mass is 894 g/mol. The first-order valence-electron chi connectivity index (χ1n) is 20.3. The van der Waals surface area contributed by atoms with Gasteiger partial charge in [0.1, 0.15) is 11.1 Å². The van der Waals surface area contributed by atoms with Gasteiger partial charge in [0, 0.05) is 63.6 Å². The number of anilines is 2. The summed E-state index contributed by atoms with van der Waals surface area (Å²) in [4.78, 5) is 57.4. The second kappa shape index (κ2) is 19.0. The Bertz CT molecular complexity index is 2060. The average Bonchev–Trinajstić information content (AvgIpc) is 4.04. The van der Waals surface area contributed by atoms with Crippen molar-refractivity contribution in [1.29, 1.82) is 0 Å². The van der Waals surface area contributed by atoms with Crippen molar-refractivity contribution in [1.82, 2.24) is 20.4 Å². The van der Waals surface area contributed by atoms with E-state index in [1.54, 1.807) is 24.3 Å². The quantitative estimate of drug-likeness (QED) is 0.148. The highest BCUT2D eigenvalue weighted by Gasteiger charge is 2.45. The first kappa shape index (κ1) is 44.2. The third kappa shape index (κ3) is 10.2. The molecule has 0 spiro atoms. The molecule has 6 heterocycles. The van der Waals surface area contributed by atoms with E-state index in [1.807, 2.05) is 12.1 Å². The van der Waals surface area contributed by atoms with E-state index in [0.29, 0.717) is 56.3 Å². The van der Waals surface area contributed by atoms with Gasteiger partial charge in [0.25, 0.3) is 23.6 Å². The number of fused-ring (bicyclic) bond motifs is 2. The molecule has 0 radical (unpaired) electrons. The lowest BCUT2D eigenvalue weighted by atomic mass is 9.94. The van der Waals surface area contributed by atoms with Crippen LogP contribution in [0.3, 0.4) is 0 Å². The summed E-state index contributed by atoms with van der Waals surface area (Å²) >= 11 is 14.3. The number of hydrogen-bond acceptors (Lipinski definition) is 10. The van der Waals surface area contributed by atoms with Gasteiger partial charge in [-0.3, -0.25) is 19.2 Å². The number of halogens is 2. The predicted molar refractivity (Wildman–Crippen MR) is 239 cm³/mol. The first-order valence-corrected chi connectivity index (χ1v) is 22.7. The highest BCUT2D eigenvalue weighted by Crippen LogP contribution is 2.32. The smallest absolute Gasteiger partial charge is 0.262 e. The largest absolute Gasteiger partial charge is 0.378 e. The molecule has 320 valence electrons. The summed E-state index contributed by atoms with van der Waals surface area (Å²) in [5.74, 6) is -0.241. The highest BCUT2D eigenvalue weighted by molar-refractivity contribution is 7.18. The van der Waals surface area contributed by atoms with Crippen molar-refractivity contribution in [3.63, 3.8) is 0 Å². The molecular weight excluding hydrogens is 844 g/mol. The molecule has 8 rings (SSSR count). The van der Waals surface area contributed by atoms with Crippen LogP contribution in [-0.2, 0) is 31.9 Å². The van der Waals surface area contributed by atoms with Gasteiger partial charge >= 0.3 is 0 Å².